The Bertz CT molecular complexity index is 1190. The van der Waals surface area contributed by atoms with Crippen molar-refractivity contribution in [2.45, 2.75) is 57.7 Å². The highest BCUT2D eigenvalue weighted by molar-refractivity contribution is 6.30. The van der Waals surface area contributed by atoms with E-state index >= 15 is 0 Å². The van der Waals surface area contributed by atoms with Gasteiger partial charge in [0.25, 0.3) is 0 Å². The number of ether oxygens (including phenoxy) is 3. The molecule has 3 aromatic rings. The van der Waals surface area contributed by atoms with Gasteiger partial charge in [0, 0.05) is 22.6 Å². The average molecular weight is 505 g/mol. The number of hydrazone groups is 1. The van der Waals surface area contributed by atoms with E-state index in [-0.39, 0.29) is 12.3 Å². The summed E-state index contributed by atoms with van der Waals surface area (Å²) in [7, 11) is 1.68. The molecule has 6 heteroatoms. The zero-order valence-electron chi connectivity index (χ0n) is 21.0. The van der Waals surface area contributed by atoms with Crippen molar-refractivity contribution in [2.75, 3.05) is 13.7 Å². The highest BCUT2D eigenvalue weighted by Gasteiger charge is 2.41. The molecule has 2 aliphatic rings. The molecule has 0 bridgehead atoms. The molecule has 0 saturated carbocycles. The molecule has 0 saturated heterocycles. The summed E-state index contributed by atoms with van der Waals surface area (Å²) >= 11 is 6.36. The van der Waals surface area contributed by atoms with E-state index in [9.17, 15) is 0 Å². The van der Waals surface area contributed by atoms with Crippen molar-refractivity contribution in [2.24, 2.45) is 5.10 Å². The molecule has 3 aromatic carbocycles. The number of rotatable bonds is 10. The molecule has 0 amide bonds. The lowest BCUT2D eigenvalue weighted by molar-refractivity contribution is -0.0190. The molecular weight excluding hydrogens is 472 g/mol. The fourth-order valence-corrected chi connectivity index (χ4v) is 5.04. The number of benzene rings is 3. The quantitative estimate of drug-likeness (QED) is 0.263. The van der Waals surface area contributed by atoms with E-state index in [0.717, 1.165) is 59.1 Å². The number of unbranched alkanes of at least 4 members (excludes halogenated alkanes) is 4. The monoisotopic (exact) mass is 504 g/mol. The van der Waals surface area contributed by atoms with Gasteiger partial charge >= 0.3 is 0 Å². The van der Waals surface area contributed by atoms with Crippen LogP contribution in [0.25, 0.3) is 0 Å². The van der Waals surface area contributed by atoms with Crippen molar-refractivity contribution in [3.63, 3.8) is 0 Å². The Balaban J connectivity index is 1.36. The second-order valence-corrected chi connectivity index (χ2v) is 9.80. The number of hydrogen-bond donors (Lipinski definition) is 0. The fraction of sp³-hybridized carbons (Fsp3) is 0.367. The van der Waals surface area contributed by atoms with Crippen LogP contribution >= 0.6 is 11.6 Å². The molecular formula is C30H33ClN2O3. The maximum Gasteiger partial charge on any atom is 0.213 e. The Morgan fingerprint density at radius 2 is 1.69 bits per heavy atom. The van der Waals surface area contributed by atoms with Crippen LogP contribution in [0.2, 0.25) is 5.02 Å². The van der Waals surface area contributed by atoms with Crippen LogP contribution in [-0.2, 0) is 0 Å². The first kappa shape index (κ1) is 24.5. The number of hydrogen-bond acceptors (Lipinski definition) is 5. The van der Waals surface area contributed by atoms with Gasteiger partial charge in [0.05, 0.1) is 25.5 Å². The van der Waals surface area contributed by atoms with Gasteiger partial charge in [-0.3, -0.25) is 0 Å². The van der Waals surface area contributed by atoms with Crippen molar-refractivity contribution >= 4 is 17.3 Å². The first-order chi connectivity index (χ1) is 17.7. The largest absolute Gasteiger partial charge is 0.497 e. The zero-order valence-corrected chi connectivity index (χ0v) is 21.7. The maximum atomic E-state index is 6.48. The zero-order chi connectivity index (χ0) is 24.9. The van der Waals surface area contributed by atoms with Crippen molar-refractivity contribution in [3.8, 4) is 17.2 Å². The minimum absolute atomic E-state index is 0.0496. The smallest absolute Gasteiger partial charge is 0.213 e. The van der Waals surface area contributed by atoms with Crippen LogP contribution in [0.1, 0.15) is 74.4 Å². The second kappa shape index (κ2) is 11.3. The highest BCUT2D eigenvalue weighted by atomic mass is 35.5. The summed E-state index contributed by atoms with van der Waals surface area (Å²) in [6.07, 6.45) is 6.58. The third-order valence-corrected chi connectivity index (χ3v) is 7.09. The molecule has 2 heterocycles. The molecule has 2 aliphatic heterocycles. The molecule has 5 nitrogen and oxygen atoms in total. The van der Waals surface area contributed by atoms with Gasteiger partial charge in [-0.05, 0) is 78.7 Å². The summed E-state index contributed by atoms with van der Waals surface area (Å²) in [5, 5.41) is 7.81. The number of fused-ring (bicyclic) bond motifs is 3. The van der Waals surface area contributed by atoms with Crippen LogP contribution in [0.4, 0.5) is 0 Å². The third-order valence-electron chi connectivity index (χ3n) is 6.86. The molecule has 2 atom stereocenters. The molecule has 5 rings (SSSR count). The standard InChI is InChI=1S/C30H33ClN2O3/c1-3-4-5-6-7-18-35-25-15-10-22(11-16-25)30-33-28(26-19-23(31)12-17-29(26)36-30)20-27(32-33)21-8-13-24(34-2)14-9-21/h8-17,19,28,30H,3-7,18,20H2,1-2H3. The minimum atomic E-state index is -0.331. The van der Waals surface area contributed by atoms with Crippen molar-refractivity contribution in [1.29, 1.82) is 0 Å². The van der Waals surface area contributed by atoms with Crippen LogP contribution < -0.4 is 14.2 Å². The van der Waals surface area contributed by atoms with E-state index < -0.39 is 0 Å². The van der Waals surface area contributed by atoms with Gasteiger partial charge in [0.1, 0.15) is 17.2 Å². The number of methoxy groups -OCH3 is 1. The summed E-state index contributed by atoms with van der Waals surface area (Å²) in [4.78, 5) is 0. The van der Waals surface area contributed by atoms with E-state index in [1.165, 1.54) is 25.7 Å². The predicted molar refractivity (Wildman–Crippen MR) is 144 cm³/mol. The highest BCUT2D eigenvalue weighted by Crippen LogP contribution is 2.48. The van der Waals surface area contributed by atoms with Crippen LogP contribution in [0.5, 0.6) is 17.2 Å². The SMILES string of the molecule is CCCCCCCOc1ccc(C2Oc3ccc(Cl)cc3C3CC(c4ccc(OC)cc4)=NN32)cc1. The number of nitrogens with zero attached hydrogens (tertiary/aromatic N) is 2. The fourth-order valence-electron chi connectivity index (χ4n) is 4.86. The first-order valence-corrected chi connectivity index (χ1v) is 13.2. The van der Waals surface area contributed by atoms with Gasteiger partial charge in [-0.15, -0.1) is 0 Å². The van der Waals surface area contributed by atoms with E-state index in [4.69, 9.17) is 30.9 Å². The molecule has 0 aromatic heterocycles. The Morgan fingerprint density at radius 1 is 0.944 bits per heavy atom. The summed E-state index contributed by atoms with van der Waals surface area (Å²) in [5.41, 5.74) is 4.20. The molecule has 2 unspecified atom stereocenters. The van der Waals surface area contributed by atoms with Gasteiger partial charge in [-0.2, -0.15) is 5.10 Å². The van der Waals surface area contributed by atoms with Gasteiger partial charge in [-0.1, -0.05) is 44.2 Å². The van der Waals surface area contributed by atoms with Crippen LogP contribution in [-0.4, -0.2) is 24.4 Å². The number of halogens is 1. The lowest BCUT2D eigenvalue weighted by Gasteiger charge is -2.38. The van der Waals surface area contributed by atoms with E-state index in [1.807, 2.05) is 42.5 Å². The van der Waals surface area contributed by atoms with Crippen molar-refractivity contribution < 1.29 is 14.2 Å². The lowest BCUT2D eigenvalue weighted by Crippen LogP contribution is -2.33. The van der Waals surface area contributed by atoms with Gasteiger partial charge < -0.3 is 14.2 Å². The minimum Gasteiger partial charge on any atom is -0.497 e. The Labute approximate surface area is 218 Å². The van der Waals surface area contributed by atoms with E-state index in [1.54, 1.807) is 7.11 Å². The maximum absolute atomic E-state index is 6.48. The molecule has 188 valence electrons. The predicted octanol–water partition coefficient (Wildman–Crippen LogP) is 7.94. The summed E-state index contributed by atoms with van der Waals surface area (Å²) in [6.45, 7) is 2.98. The van der Waals surface area contributed by atoms with Crippen LogP contribution in [0.3, 0.4) is 0 Å². The normalized spacial score (nSPS) is 18.2. The molecule has 0 spiro atoms. The second-order valence-electron chi connectivity index (χ2n) is 9.36. The van der Waals surface area contributed by atoms with E-state index in [0.29, 0.717) is 5.02 Å². The molecule has 0 aliphatic carbocycles. The topological polar surface area (TPSA) is 43.3 Å². The molecule has 0 fully saturated rings. The Morgan fingerprint density at radius 3 is 2.44 bits per heavy atom. The summed E-state index contributed by atoms with van der Waals surface area (Å²) in [5.74, 6) is 2.57. The van der Waals surface area contributed by atoms with E-state index in [2.05, 4.69) is 36.2 Å². The summed E-state index contributed by atoms with van der Waals surface area (Å²) < 4.78 is 17.8. The first-order valence-electron chi connectivity index (χ1n) is 12.9. The lowest BCUT2D eigenvalue weighted by atomic mass is 9.96. The van der Waals surface area contributed by atoms with Crippen LogP contribution in [0, 0.1) is 0 Å². The van der Waals surface area contributed by atoms with Crippen LogP contribution in [0.15, 0.2) is 71.8 Å². The van der Waals surface area contributed by atoms with Gasteiger partial charge in [0.15, 0.2) is 0 Å². The molecule has 36 heavy (non-hydrogen) atoms. The van der Waals surface area contributed by atoms with Gasteiger partial charge in [0.2, 0.25) is 6.23 Å². The molecule has 0 radical (unpaired) electrons. The Hall–Kier alpha value is -3.18. The third kappa shape index (κ3) is 5.31. The Kier molecular flexibility index (Phi) is 7.66. The van der Waals surface area contributed by atoms with Gasteiger partial charge in [-0.25, -0.2) is 5.01 Å². The van der Waals surface area contributed by atoms with Crippen molar-refractivity contribution in [1.82, 2.24) is 5.01 Å². The summed E-state index contributed by atoms with van der Waals surface area (Å²) in [6, 6.07) is 22.1. The average Bonchev–Trinajstić information content (AvgIpc) is 3.37. The molecule has 0 N–H and O–H groups in total. The van der Waals surface area contributed by atoms with Crippen molar-refractivity contribution in [3.05, 3.63) is 88.4 Å².